The van der Waals surface area contributed by atoms with Crippen LogP contribution in [0.5, 0.6) is 0 Å². The van der Waals surface area contributed by atoms with Crippen molar-refractivity contribution in [3.63, 3.8) is 0 Å². The Bertz CT molecular complexity index is 151. The fourth-order valence-electron chi connectivity index (χ4n) is 2.13. The van der Waals surface area contributed by atoms with Gasteiger partial charge in [0.25, 0.3) is 0 Å². The molecule has 0 aromatic heterocycles. The zero-order chi connectivity index (χ0) is 9.10. The Labute approximate surface area is 85.4 Å². The topological polar surface area (TPSA) is 15.3 Å². The summed E-state index contributed by atoms with van der Waals surface area (Å²) >= 11 is 2.11. The lowest BCUT2D eigenvalue weighted by molar-refractivity contribution is 0.123. The van der Waals surface area contributed by atoms with Gasteiger partial charge in [0.1, 0.15) is 0 Å². The van der Waals surface area contributed by atoms with Crippen molar-refractivity contribution in [3.8, 4) is 0 Å². The van der Waals surface area contributed by atoms with E-state index in [2.05, 4.69) is 28.9 Å². The van der Waals surface area contributed by atoms with Crippen LogP contribution in [0.3, 0.4) is 0 Å². The highest BCUT2D eigenvalue weighted by atomic mass is 32.2. The first kappa shape index (κ1) is 9.81. The summed E-state index contributed by atoms with van der Waals surface area (Å²) in [5, 5.41) is 3.76. The van der Waals surface area contributed by atoms with Crippen molar-refractivity contribution >= 4 is 11.8 Å². The van der Waals surface area contributed by atoms with E-state index in [0.29, 0.717) is 0 Å². The smallest absolute Gasteiger partial charge is 0.0325 e. The lowest BCUT2D eigenvalue weighted by Crippen LogP contribution is -2.60. The van der Waals surface area contributed by atoms with Gasteiger partial charge >= 0.3 is 0 Å². The van der Waals surface area contributed by atoms with E-state index in [0.717, 1.165) is 12.1 Å². The molecule has 2 rings (SSSR count). The van der Waals surface area contributed by atoms with Crippen LogP contribution in [0.1, 0.15) is 19.8 Å². The molecule has 2 heterocycles. The van der Waals surface area contributed by atoms with E-state index in [-0.39, 0.29) is 0 Å². The van der Waals surface area contributed by atoms with Gasteiger partial charge in [-0.1, -0.05) is 6.92 Å². The van der Waals surface area contributed by atoms with Crippen LogP contribution in [0.25, 0.3) is 0 Å². The van der Waals surface area contributed by atoms with Crippen LogP contribution in [-0.2, 0) is 0 Å². The predicted octanol–water partition coefficient (Wildman–Crippen LogP) is 1.18. The number of likely N-dealkylation sites (N-methyl/N-ethyl adjacent to an activating group) is 1. The van der Waals surface area contributed by atoms with Gasteiger partial charge in [-0.05, 0) is 30.9 Å². The second-order valence-electron chi connectivity index (χ2n) is 4.10. The fourth-order valence-corrected chi connectivity index (χ4v) is 3.24. The van der Waals surface area contributed by atoms with Crippen molar-refractivity contribution in [2.24, 2.45) is 0 Å². The first-order chi connectivity index (χ1) is 6.38. The molecule has 0 aliphatic carbocycles. The summed E-state index contributed by atoms with van der Waals surface area (Å²) < 4.78 is 0. The third-order valence-corrected chi connectivity index (χ3v) is 4.15. The van der Waals surface area contributed by atoms with Gasteiger partial charge in [0.15, 0.2) is 0 Å². The predicted molar refractivity (Wildman–Crippen MR) is 59.4 cm³/mol. The highest BCUT2D eigenvalue weighted by Gasteiger charge is 2.27. The molecule has 76 valence electrons. The first-order valence-electron chi connectivity index (χ1n) is 5.44. The summed E-state index contributed by atoms with van der Waals surface area (Å²) in [6, 6.07) is 1.62. The minimum Gasteiger partial charge on any atom is -0.309 e. The monoisotopic (exact) mass is 200 g/mol. The fraction of sp³-hybridized carbons (Fsp3) is 1.00. The third-order valence-electron chi connectivity index (χ3n) is 3.10. The minimum absolute atomic E-state index is 0.799. The molecule has 2 nitrogen and oxygen atoms in total. The molecule has 2 fully saturated rings. The standard InChI is InChI=1S/C10H20N2S/c1-2-12-7-10(8-12)11-9-3-5-13-6-4-9/h9-11H,2-8H2,1H3. The molecule has 0 aromatic rings. The molecule has 13 heavy (non-hydrogen) atoms. The summed E-state index contributed by atoms with van der Waals surface area (Å²) in [7, 11) is 0. The van der Waals surface area contributed by atoms with E-state index in [1.165, 1.54) is 44.0 Å². The molecule has 0 amide bonds. The highest BCUT2D eigenvalue weighted by molar-refractivity contribution is 7.99. The normalized spacial score (nSPS) is 27.5. The Hall–Kier alpha value is 0.270. The average Bonchev–Trinajstić information content (AvgIpc) is 2.12. The summed E-state index contributed by atoms with van der Waals surface area (Å²) in [6.07, 6.45) is 2.76. The number of nitrogens with zero attached hydrogens (tertiary/aromatic N) is 1. The van der Waals surface area contributed by atoms with Gasteiger partial charge < -0.3 is 10.2 Å². The number of nitrogens with one attached hydrogen (secondary N) is 1. The molecule has 0 aromatic carbocycles. The number of likely N-dealkylation sites (tertiary alicyclic amines) is 1. The molecule has 0 atom stereocenters. The van der Waals surface area contributed by atoms with Crippen LogP contribution < -0.4 is 5.32 Å². The van der Waals surface area contributed by atoms with Crippen LogP contribution in [0.2, 0.25) is 0 Å². The zero-order valence-corrected chi connectivity index (χ0v) is 9.28. The summed E-state index contributed by atoms with van der Waals surface area (Å²) in [5.74, 6) is 2.73. The summed E-state index contributed by atoms with van der Waals surface area (Å²) in [4.78, 5) is 2.50. The van der Waals surface area contributed by atoms with Crippen LogP contribution in [0, 0.1) is 0 Å². The molecule has 0 radical (unpaired) electrons. The van der Waals surface area contributed by atoms with Gasteiger partial charge in [-0.2, -0.15) is 11.8 Å². The second kappa shape index (κ2) is 4.67. The van der Waals surface area contributed by atoms with E-state index in [9.17, 15) is 0 Å². The van der Waals surface area contributed by atoms with Crippen molar-refractivity contribution in [2.75, 3.05) is 31.1 Å². The van der Waals surface area contributed by atoms with Crippen molar-refractivity contribution in [2.45, 2.75) is 31.8 Å². The van der Waals surface area contributed by atoms with Crippen molar-refractivity contribution in [3.05, 3.63) is 0 Å². The van der Waals surface area contributed by atoms with E-state index in [4.69, 9.17) is 0 Å². The lowest BCUT2D eigenvalue weighted by Gasteiger charge is -2.41. The van der Waals surface area contributed by atoms with Crippen molar-refractivity contribution < 1.29 is 0 Å². The largest absolute Gasteiger partial charge is 0.309 e. The van der Waals surface area contributed by atoms with Crippen LogP contribution >= 0.6 is 11.8 Å². The quantitative estimate of drug-likeness (QED) is 0.736. The number of hydrogen-bond donors (Lipinski definition) is 1. The van der Waals surface area contributed by atoms with Crippen molar-refractivity contribution in [1.29, 1.82) is 0 Å². The first-order valence-corrected chi connectivity index (χ1v) is 6.60. The summed E-state index contributed by atoms with van der Waals surface area (Å²) in [5.41, 5.74) is 0. The molecule has 2 aliphatic rings. The highest BCUT2D eigenvalue weighted by Crippen LogP contribution is 2.18. The molecule has 0 unspecified atom stereocenters. The van der Waals surface area contributed by atoms with Gasteiger partial charge in [-0.25, -0.2) is 0 Å². The molecule has 3 heteroatoms. The molecular weight excluding hydrogens is 180 g/mol. The maximum Gasteiger partial charge on any atom is 0.0325 e. The Morgan fingerprint density at radius 3 is 2.54 bits per heavy atom. The molecule has 0 bridgehead atoms. The van der Waals surface area contributed by atoms with Gasteiger partial charge in [-0.3, -0.25) is 0 Å². The van der Waals surface area contributed by atoms with Gasteiger partial charge in [0, 0.05) is 25.2 Å². The maximum absolute atomic E-state index is 3.76. The molecule has 0 saturated carbocycles. The minimum atomic E-state index is 0.799. The molecule has 1 N–H and O–H groups in total. The maximum atomic E-state index is 3.76. The van der Waals surface area contributed by atoms with E-state index >= 15 is 0 Å². The van der Waals surface area contributed by atoms with Gasteiger partial charge in [0.2, 0.25) is 0 Å². The SMILES string of the molecule is CCN1CC(NC2CCSCC2)C1. The Morgan fingerprint density at radius 2 is 1.92 bits per heavy atom. The van der Waals surface area contributed by atoms with Gasteiger partial charge in [-0.15, -0.1) is 0 Å². The lowest BCUT2D eigenvalue weighted by atomic mass is 10.1. The van der Waals surface area contributed by atoms with Crippen LogP contribution in [0.4, 0.5) is 0 Å². The van der Waals surface area contributed by atoms with Crippen LogP contribution in [-0.4, -0.2) is 48.1 Å². The molecule has 2 saturated heterocycles. The van der Waals surface area contributed by atoms with E-state index in [1.807, 2.05) is 0 Å². The van der Waals surface area contributed by atoms with Crippen molar-refractivity contribution in [1.82, 2.24) is 10.2 Å². The molecule has 0 spiro atoms. The molecular formula is C10H20N2S. The Kier molecular flexibility index (Phi) is 3.52. The number of hydrogen-bond acceptors (Lipinski definition) is 3. The average molecular weight is 200 g/mol. The van der Waals surface area contributed by atoms with Crippen LogP contribution in [0.15, 0.2) is 0 Å². The number of rotatable bonds is 3. The summed E-state index contributed by atoms with van der Waals surface area (Å²) in [6.45, 7) is 6.02. The van der Waals surface area contributed by atoms with Gasteiger partial charge in [0.05, 0.1) is 0 Å². The Balaban J connectivity index is 1.62. The second-order valence-corrected chi connectivity index (χ2v) is 5.33. The third kappa shape index (κ3) is 2.61. The Morgan fingerprint density at radius 1 is 1.23 bits per heavy atom. The van der Waals surface area contributed by atoms with E-state index in [1.54, 1.807) is 0 Å². The van der Waals surface area contributed by atoms with E-state index < -0.39 is 0 Å². The molecule has 2 aliphatic heterocycles. The number of thioether (sulfide) groups is 1. The zero-order valence-electron chi connectivity index (χ0n) is 8.46.